The van der Waals surface area contributed by atoms with Crippen LogP contribution < -0.4 is 0 Å². The van der Waals surface area contributed by atoms with Crippen LogP contribution in [0.1, 0.15) is 69.4 Å². The predicted octanol–water partition coefficient (Wildman–Crippen LogP) is 5.50. The molecule has 0 bridgehead atoms. The van der Waals surface area contributed by atoms with E-state index in [0.717, 1.165) is 0 Å². The van der Waals surface area contributed by atoms with E-state index in [2.05, 4.69) is 31.2 Å². The van der Waals surface area contributed by atoms with Crippen molar-refractivity contribution >= 4 is 0 Å². The van der Waals surface area contributed by atoms with Crippen LogP contribution in [-0.2, 0) is 12.8 Å². The SMILES string of the molecule is CCCCCCCCC[C]1Cc2ccccc2C1. The Labute approximate surface area is 113 Å². The first-order valence-electron chi connectivity index (χ1n) is 7.80. The van der Waals surface area contributed by atoms with Gasteiger partial charge in [0.2, 0.25) is 0 Å². The molecule has 18 heavy (non-hydrogen) atoms. The molecule has 0 atom stereocenters. The number of unbranched alkanes of at least 4 members (excludes halogenated alkanes) is 6. The van der Waals surface area contributed by atoms with Crippen LogP contribution in [0.4, 0.5) is 0 Å². The van der Waals surface area contributed by atoms with Gasteiger partial charge in [-0.25, -0.2) is 0 Å². The standard InChI is InChI=1S/C18H27/c1-2-3-4-5-6-7-8-11-16-14-17-12-9-10-13-18(17)15-16/h9-10,12-13H,2-8,11,14-15H2,1H3. The van der Waals surface area contributed by atoms with E-state index in [9.17, 15) is 0 Å². The lowest BCUT2D eigenvalue weighted by Crippen LogP contribution is -1.96. The topological polar surface area (TPSA) is 0 Å². The van der Waals surface area contributed by atoms with Gasteiger partial charge in [-0.1, -0.05) is 76.1 Å². The Morgan fingerprint density at radius 2 is 1.33 bits per heavy atom. The molecule has 1 aliphatic carbocycles. The maximum Gasteiger partial charge on any atom is -0.0154 e. The lowest BCUT2D eigenvalue weighted by molar-refractivity contribution is 0.573. The summed E-state index contributed by atoms with van der Waals surface area (Å²) in [5.74, 6) is 1.77. The highest BCUT2D eigenvalue weighted by Gasteiger charge is 2.20. The van der Waals surface area contributed by atoms with Crippen molar-refractivity contribution in [3.8, 4) is 0 Å². The molecular weight excluding hydrogens is 216 g/mol. The van der Waals surface area contributed by atoms with Crippen LogP contribution in [0.5, 0.6) is 0 Å². The Balaban J connectivity index is 1.54. The highest BCUT2D eigenvalue weighted by Crippen LogP contribution is 2.31. The first-order valence-corrected chi connectivity index (χ1v) is 7.80. The third-order valence-electron chi connectivity index (χ3n) is 4.13. The smallest absolute Gasteiger partial charge is 0.0154 e. The van der Waals surface area contributed by atoms with E-state index in [1.807, 2.05) is 0 Å². The second kappa shape index (κ2) is 7.61. The summed E-state index contributed by atoms with van der Waals surface area (Å²) in [6.45, 7) is 2.29. The van der Waals surface area contributed by atoms with E-state index in [1.54, 1.807) is 17.0 Å². The van der Waals surface area contributed by atoms with Crippen LogP contribution >= 0.6 is 0 Å². The van der Waals surface area contributed by atoms with Crippen molar-refractivity contribution in [2.75, 3.05) is 0 Å². The zero-order chi connectivity index (χ0) is 12.6. The highest BCUT2D eigenvalue weighted by atomic mass is 14.2. The van der Waals surface area contributed by atoms with Gasteiger partial charge in [-0.15, -0.1) is 0 Å². The predicted molar refractivity (Wildman–Crippen MR) is 79.7 cm³/mol. The van der Waals surface area contributed by atoms with Gasteiger partial charge in [-0.05, 0) is 36.3 Å². The molecule has 0 heterocycles. The minimum atomic E-state index is 1.26. The molecule has 0 heteroatoms. The summed E-state index contributed by atoms with van der Waals surface area (Å²) in [7, 11) is 0. The van der Waals surface area contributed by atoms with Gasteiger partial charge in [0, 0.05) is 0 Å². The van der Waals surface area contributed by atoms with Crippen molar-refractivity contribution in [3.05, 3.63) is 41.3 Å². The van der Waals surface area contributed by atoms with Crippen molar-refractivity contribution in [2.45, 2.75) is 71.1 Å². The van der Waals surface area contributed by atoms with Crippen molar-refractivity contribution in [2.24, 2.45) is 0 Å². The van der Waals surface area contributed by atoms with E-state index < -0.39 is 0 Å². The molecule has 99 valence electrons. The van der Waals surface area contributed by atoms with Crippen molar-refractivity contribution < 1.29 is 0 Å². The third-order valence-corrected chi connectivity index (χ3v) is 4.13. The molecule has 0 fully saturated rings. The minimum absolute atomic E-state index is 1.26. The molecule has 0 amide bonds. The molecule has 0 saturated carbocycles. The Hall–Kier alpha value is -0.780. The highest BCUT2D eigenvalue weighted by molar-refractivity contribution is 5.37. The molecule has 0 N–H and O–H groups in total. The quantitative estimate of drug-likeness (QED) is 0.529. The van der Waals surface area contributed by atoms with E-state index in [1.165, 1.54) is 64.2 Å². The number of benzene rings is 1. The zero-order valence-electron chi connectivity index (χ0n) is 11.9. The number of hydrogen-bond acceptors (Lipinski definition) is 0. The maximum atomic E-state index is 2.30. The van der Waals surface area contributed by atoms with Gasteiger partial charge in [-0.3, -0.25) is 0 Å². The molecule has 0 unspecified atom stereocenters. The van der Waals surface area contributed by atoms with E-state index in [4.69, 9.17) is 0 Å². The van der Waals surface area contributed by atoms with Gasteiger partial charge in [0.1, 0.15) is 0 Å². The van der Waals surface area contributed by atoms with Crippen LogP contribution in [0.3, 0.4) is 0 Å². The summed E-state index contributed by atoms with van der Waals surface area (Å²) in [4.78, 5) is 0. The molecule has 1 aromatic rings. The summed E-state index contributed by atoms with van der Waals surface area (Å²) >= 11 is 0. The molecule has 0 spiro atoms. The molecule has 0 nitrogen and oxygen atoms in total. The Morgan fingerprint density at radius 3 is 1.94 bits per heavy atom. The van der Waals surface area contributed by atoms with Crippen molar-refractivity contribution in [3.63, 3.8) is 0 Å². The van der Waals surface area contributed by atoms with Gasteiger partial charge in [-0.2, -0.15) is 0 Å². The number of rotatable bonds is 8. The lowest BCUT2D eigenvalue weighted by Gasteiger charge is -2.07. The Bertz CT molecular complexity index is 315. The van der Waals surface area contributed by atoms with Gasteiger partial charge < -0.3 is 0 Å². The average molecular weight is 243 g/mol. The summed E-state index contributed by atoms with van der Waals surface area (Å²) in [5.41, 5.74) is 3.16. The van der Waals surface area contributed by atoms with E-state index in [0.29, 0.717) is 0 Å². The monoisotopic (exact) mass is 243 g/mol. The largest absolute Gasteiger partial charge is 0.0654 e. The molecular formula is C18H27. The number of hydrogen-bond donors (Lipinski definition) is 0. The lowest BCUT2D eigenvalue weighted by atomic mass is 9.97. The summed E-state index contributed by atoms with van der Waals surface area (Å²) in [5, 5.41) is 0. The summed E-state index contributed by atoms with van der Waals surface area (Å²) in [6.07, 6.45) is 13.8. The van der Waals surface area contributed by atoms with Crippen LogP contribution in [0.2, 0.25) is 0 Å². The van der Waals surface area contributed by atoms with E-state index in [-0.39, 0.29) is 0 Å². The second-order valence-corrected chi connectivity index (χ2v) is 5.74. The molecule has 0 aliphatic heterocycles. The maximum absolute atomic E-state index is 2.30. The average Bonchev–Trinajstić information content (AvgIpc) is 2.80. The van der Waals surface area contributed by atoms with Crippen LogP contribution in [0.15, 0.2) is 24.3 Å². The Kier molecular flexibility index (Phi) is 5.77. The normalized spacial score (nSPS) is 14.9. The van der Waals surface area contributed by atoms with Crippen LogP contribution in [0.25, 0.3) is 0 Å². The fourth-order valence-electron chi connectivity index (χ4n) is 3.01. The minimum Gasteiger partial charge on any atom is -0.0654 e. The second-order valence-electron chi connectivity index (χ2n) is 5.74. The van der Waals surface area contributed by atoms with Gasteiger partial charge in [0.25, 0.3) is 0 Å². The molecule has 0 aromatic heterocycles. The van der Waals surface area contributed by atoms with Gasteiger partial charge >= 0.3 is 0 Å². The first kappa shape index (κ1) is 13.6. The fourth-order valence-corrected chi connectivity index (χ4v) is 3.01. The van der Waals surface area contributed by atoms with Crippen LogP contribution in [-0.4, -0.2) is 0 Å². The first-order chi connectivity index (χ1) is 8.90. The summed E-state index contributed by atoms with van der Waals surface area (Å²) < 4.78 is 0. The van der Waals surface area contributed by atoms with Crippen molar-refractivity contribution in [1.29, 1.82) is 0 Å². The van der Waals surface area contributed by atoms with Crippen LogP contribution in [0, 0.1) is 5.92 Å². The van der Waals surface area contributed by atoms with Crippen molar-refractivity contribution in [1.82, 2.24) is 0 Å². The Morgan fingerprint density at radius 1 is 0.778 bits per heavy atom. The van der Waals surface area contributed by atoms with E-state index >= 15 is 0 Å². The molecule has 0 saturated heterocycles. The number of fused-ring (bicyclic) bond motifs is 1. The third kappa shape index (κ3) is 4.15. The molecule has 1 aromatic carbocycles. The fraction of sp³-hybridized carbons (Fsp3) is 0.611. The van der Waals surface area contributed by atoms with Gasteiger partial charge in [0.05, 0.1) is 0 Å². The summed E-state index contributed by atoms with van der Waals surface area (Å²) in [6, 6.07) is 8.95. The molecule has 1 aliphatic rings. The van der Waals surface area contributed by atoms with Gasteiger partial charge in [0.15, 0.2) is 0 Å². The molecule has 2 rings (SSSR count). The molecule has 1 radical (unpaired) electrons. The zero-order valence-corrected chi connectivity index (χ0v) is 11.9.